The molecule has 0 saturated carbocycles. The smallest absolute Gasteiger partial charge is 0.139 e. The molecule has 102 valence electrons. The minimum Gasteiger partial charge on any atom is -0.384 e. The van der Waals surface area contributed by atoms with E-state index < -0.39 is 0 Å². The minimum absolute atomic E-state index is 0.147. The lowest BCUT2D eigenvalue weighted by molar-refractivity contribution is 0.794. The standard InChI is InChI=1S/C14H20N4S/c15-13(16)11-9-10-3-1-4-12(10)17-14(11)18-5-2-7-19-8-6-18/h9H,1-8H2,(H3,15,16). The molecule has 1 aliphatic heterocycles. The Hall–Kier alpha value is -1.23. The summed E-state index contributed by atoms with van der Waals surface area (Å²) in [7, 11) is 0. The van der Waals surface area contributed by atoms with Gasteiger partial charge in [0.1, 0.15) is 11.7 Å². The van der Waals surface area contributed by atoms with E-state index in [1.807, 2.05) is 11.8 Å². The average molecular weight is 276 g/mol. The number of nitrogens with one attached hydrogen (secondary N) is 1. The van der Waals surface area contributed by atoms with Crippen LogP contribution in [0, 0.1) is 5.41 Å². The molecule has 1 fully saturated rings. The van der Waals surface area contributed by atoms with E-state index in [4.69, 9.17) is 16.1 Å². The van der Waals surface area contributed by atoms with Gasteiger partial charge in [-0.25, -0.2) is 4.98 Å². The lowest BCUT2D eigenvalue weighted by atomic mass is 10.1. The number of aromatic nitrogens is 1. The Labute approximate surface area is 118 Å². The normalized spacial score (nSPS) is 19.1. The first kappa shape index (κ1) is 12.8. The highest BCUT2D eigenvalue weighted by molar-refractivity contribution is 7.99. The van der Waals surface area contributed by atoms with Crippen molar-refractivity contribution in [1.82, 2.24) is 4.98 Å². The molecule has 19 heavy (non-hydrogen) atoms. The lowest BCUT2D eigenvalue weighted by Crippen LogP contribution is -2.30. The van der Waals surface area contributed by atoms with Crippen molar-refractivity contribution >= 4 is 23.4 Å². The van der Waals surface area contributed by atoms with Gasteiger partial charge in [0.25, 0.3) is 0 Å². The Kier molecular flexibility index (Phi) is 3.64. The van der Waals surface area contributed by atoms with Gasteiger partial charge in [0.05, 0.1) is 5.56 Å². The highest BCUT2D eigenvalue weighted by atomic mass is 32.2. The van der Waals surface area contributed by atoms with Crippen LogP contribution in [0.2, 0.25) is 0 Å². The number of pyridine rings is 1. The molecule has 2 aliphatic rings. The van der Waals surface area contributed by atoms with Gasteiger partial charge in [-0.1, -0.05) is 0 Å². The first-order chi connectivity index (χ1) is 9.25. The van der Waals surface area contributed by atoms with Gasteiger partial charge in [0, 0.05) is 24.5 Å². The monoisotopic (exact) mass is 276 g/mol. The van der Waals surface area contributed by atoms with Crippen LogP contribution in [0.4, 0.5) is 5.82 Å². The van der Waals surface area contributed by atoms with Gasteiger partial charge in [0.15, 0.2) is 0 Å². The van der Waals surface area contributed by atoms with Crippen molar-refractivity contribution in [3.8, 4) is 0 Å². The van der Waals surface area contributed by atoms with Crippen LogP contribution in [0.3, 0.4) is 0 Å². The van der Waals surface area contributed by atoms with Crippen molar-refractivity contribution in [2.24, 2.45) is 5.73 Å². The minimum atomic E-state index is 0.147. The third-order valence-corrected chi connectivity index (χ3v) is 4.89. The number of rotatable bonds is 2. The Morgan fingerprint density at radius 2 is 2.16 bits per heavy atom. The molecule has 0 amide bonds. The van der Waals surface area contributed by atoms with Crippen LogP contribution in [0.15, 0.2) is 6.07 Å². The fourth-order valence-corrected chi connectivity index (χ4v) is 3.75. The number of hydrogen-bond donors (Lipinski definition) is 2. The molecular formula is C14H20N4S. The molecule has 2 heterocycles. The van der Waals surface area contributed by atoms with E-state index >= 15 is 0 Å². The quantitative estimate of drug-likeness (QED) is 0.638. The molecule has 4 nitrogen and oxygen atoms in total. The second-order valence-electron chi connectivity index (χ2n) is 5.19. The van der Waals surface area contributed by atoms with Crippen LogP contribution in [0.5, 0.6) is 0 Å². The summed E-state index contributed by atoms with van der Waals surface area (Å²) in [6.45, 7) is 2.04. The van der Waals surface area contributed by atoms with Gasteiger partial charge in [-0.3, -0.25) is 5.41 Å². The van der Waals surface area contributed by atoms with Crippen molar-refractivity contribution in [1.29, 1.82) is 5.41 Å². The first-order valence-electron chi connectivity index (χ1n) is 6.95. The maximum atomic E-state index is 7.82. The molecule has 1 saturated heterocycles. The summed E-state index contributed by atoms with van der Waals surface area (Å²) >= 11 is 2.00. The van der Waals surface area contributed by atoms with Crippen LogP contribution < -0.4 is 10.6 Å². The van der Waals surface area contributed by atoms with Crippen LogP contribution in [0.25, 0.3) is 0 Å². The van der Waals surface area contributed by atoms with Gasteiger partial charge in [0.2, 0.25) is 0 Å². The summed E-state index contributed by atoms with van der Waals surface area (Å²) in [5, 5.41) is 7.82. The predicted molar refractivity (Wildman–Crippen MR) is 81.4 cm³/mol. The number of aryl methyl sites for hydroxylation is 2. The van der Waals surface area contributed by atoms with Crippen molar-refractivity contribution in [3.05, 3.63) is 22.9 Å². The Balaban J connectivity index is 2.00. The molecule has 0 aromatic carbocycles. The number of fused-ring (bicyclic) bond motifs is 1. The lowest BCUT2D eigenvalue weighted by Gasteiger charge is -2.24. The van der Waals surface area contributed by atoms with Crippen LogP contribution >= 0.6 is 11.8 Å². The van der Waals surface area contributed by atoms with E-state index in [9.17, 15) is 0 Å². The van der Waals surface area contributed by atoms with Crippen molar-refractivity contribution in [3.63, 3.8) is 0 Å². The van der Waals surface area contributed by atoms with Gasteiger partial charge >= 0.3 is 0 Å². The Morgan fingerprint density at radius 3 is 3.00 bits per heavy atom. The number of anilines is 1. The number of amidine groups is 1. The van der Waals surface area contributed by atoms with E-state index in [1.54, 1.807) is 0 Å². The maximum absolute atomic E-state index is 7.82. The second kappa shape index (κ2) is 5.41. The van der Waals surface area contributed by atoms with E-state index in [0.717, 1.165) is 43.1 Å². The van der Waals surface area contributed by atoms with Crippen LogP contribution in [-0.2, 0) is 12.8 Å². The topological polar surface area (TPSA) is 66.0 Å². The van der Waals surface area contributed by atoms with Gasteiger partial charge in [-0.15, -0.1) is 0 Å². The summed E-state index contributed by atoms with van der Waals surface area (Å²) in [4.78, 5) is 7.15. The molecule has 3 N–H and O–H groups in total. The third kappa shape index (κ3) is 2.56. The molecule has 5 heteroatoms. The zero-order valence-electron chi connectivity index (χ0n) is 11.1. The van der Waals surface area contributed by atoms with E-state index in [1.165, 1.54) is 29.9 Å². The van der Waals surface area contributed by atoms with E-state index in [-0.39, 0.29) is 5.84 Å². The van der Waals surface area contributed by atoms with Crippen LogP contribution in [-0.4, -0.2) is 35.4 Å². The van der Waals surface area contributed by atoms with Crippen molar-refractivity contribution < 1.29 is 0 Å². The molecule has 1 aliphatic carbocycles. The Morgan fingerprint density at radius 1 is 1.26 bits per heavy atom. The molecule has 0 radical (unpaired) electrons. The molecule has 1 aromatic rings. The van der Waals surface area contributed by atoms with Crippen LogP contribution in [0.1, 0.15) is 29.7 Å². The summed E-state index contributed by atoms with van der Waals surface area (Å²) < 4.78 is 0. The molecule has 0 atom stereocenters. The van der Waals surface area contributed by atoms with E-state index in [2.05, 4.69) is 11.0 Å². The van der Waals surface area contributed by atoms with Gasteiger partial charge in [-0.05, 0) is 43.1 Å². The van der Waals surface area contributed by atoms with E-state index in [0.29, 0.717) is 0 Å². The van der Waals surface area contributed by atoms with Crippen molar-refractivity contribution in [2.45, 2.75) is 25.7 Å². The molecule has 3 rings (SSSR count). The predicted octanol–water partition coefficient (Wildman–Crippen LogP) is 1.80. The summed E-state index contributed by atoms with van der Waals surface area (Å²) in [6, 6.07) is 2.10. The second-order valence-corrected chi connectivity index (χ2v) is 6.41. The van der Waals surface area contributed by atoms with Gasteiger partial charge < -0.3 is 10.6 Å². The van der Waals surface area contributed by atoms with Crippen molar-refractivity contribution in [2.75, 3.05) is 29.5 Å². The average Bonchev–Trinajstić information content (AvgIpc) is 2.69. The highest BCUT2D eigenvalue weighted by Crippen LogP contribution is 2.28. The summed E-state index contributed by atoms with van der Waals surface area (Å²) in [6.07, 6.45) is 4.52. The number of thioether (sulfide) groups is 1. The molecule has 1 aromatic heterocycles. The number of nitrogens with zero attached hydrogens (tertiary/aromatic N) is 2. The fraction of sp³-hybridized carbons (Fsp3) is 0.571. The molecular weight excluding hydrogens is 256 g/mol. The number of nitrogen functional groups attached to an aromatic ring is 1. The fourth-order valence-electron chi connectivity index (χ4n) is 2.86. The molecule has 0 unspecified atom stereocenters. The largest absolute Gasteiger partial charge is 0.384 e. The number of hydrogen-bond acceptors (Lipinski definition) is 4. The third-order valence-electron chi connectivity index (χ3n) is 3.84. The Bertz CT molecular complexity index is 492. The number of nitrogens with two attached hydrogens (primary N) is 1. The summed E-state index contributed by atoms with van der Waals surface area (Å²) in [5.41, 5.74) is 9.10. The SMILES string of the molecule is N=C(N)c1cc2c(nc1N1CCCSCC1)CCC2. The highest BCUT2D eigenvalue weighted by Gasteiger charge is 2.21. The first-order valence-corrected chi connectivity index (χ1v) is 8.11. The maximum Gasteiger partial charge on any atom is 0.139 e. The molecule has 0 bridgehead atoms. The molecule has 0 spiro atoms. The van der Waals surface area contributed by atoms with Gasteiger partial charge in [-0.2, -0.15) is 11.8 Å². The zero-order chi connectivity index (χ0) is 13.2. The zero-order valence-corrected chi connectivity index (χ0v) is 11.9. The summed E-state index contributed by atoms with van der Waals surface area (Å²) in [5.74, 6) is 3.44.